The van der Waals surface area contributed by atoms with Crippen molar-refractivity contribution in [2.75, 3.05) is 6.54 Å². The Hall–Kier alpha value is -1.72. The molecule has 20 heavy (non-hydrogen) atoms. The summed E-state index contributed by atoms with van der Waals surface area (Å²) in [7, 11) is 0. The number of amides is 1. The quantitative estimate of drug-likeness (QED) is 0.907. The molecular weight excluding hydrogens is 270 g/mol. The maximum atomic E-state index is 12.4. The van der Waals surface area contributed by atoms with E-state index < -0.39 is 0 Å². The van der Waals surface area contributed by atoms with E-state index in [9.17, 15) is 4.79 Å². The van der Waals surface area contributed by atoms with Crippen molar-refractivity contribution >= 4 is 17.2 Å². The molecule has 1 aromatic carbocycles. The molecule has 0 saturated carbocycles. The monoisotopic (exact) mass is 287 g/mol. The minimum Gasteiger partial charge on any atom is -0.349 e. The lowest BCUT2D eigenvalue weighted by atomic mass is 9.90. The standard InChI is InChI=1S/C15H17N3OS/c1-10-9-20-14(18-10)8-17-15(19)13-7-16-6-11-4-2-3-5-12(11)13/h2-5,9,13,16H,6-8H2,1H3,(H,17,19). The lowest BCUT2D eigenvalue weighted by Crippen LogP contribution is -2.38. The fourth-order valence-electron chi connectivity index (χ4n) is 2.50. The molecule has 2 N–H and O–H groups in total. The van der Waals surface area contributed by atoms with E-state index in [4.69, 9.17) is 0 Å². The van der Waals surface area contributed by atoms with Crippen LogP contribution in [0.15, 0.2) is 29.6 Å². The number of aryl methyl sites for hydroxylation is 1. The molecule has 2 aromatic rings. The van der Waals surface area contributed by atoms with Crippen LogP contribution in [0.2, 0.25) is 0 Å². The molecular formula is C15H17N3OS. The summed E-state index contributed by atoms with van der Waals surface area (Å²) in [5.74, 6) is -0.0430. The van der Waals surface area contributed by atoms with Gasteiger partial charge in [0, 0.05) is 24.2 Å². The molecule has 1 aliphatic rings. The molecule has 1 atom stereocenters. The van der Waals surface area contributed by atoms with Gasteiger partial charge in [-0.1, -0.05) is 24.3 Å². The Morgan fingerprint density at radius 1 is 1.50 bits per heavy atom. The van der Waals surface area contributed by atoms with Crippen LogP contribution >= 0.6 is 11.3 Å². The summed E-state index contributed by atoms with van der Waals surface area (Å²) < 4.78 is 0. The molecule has 1 aliphatic heterocycles. The summed E-state index contributed by atoms with van der Waals surface area (Å²) >= 11 is 1.58. The van der Waals surface area contributed by atoms with Crippen molar-refractivity contribution in [3.05, 3.63) is 51.5 Å². The molecule has 0 saturated heterocycles. The number of nitrogens with zero attached hydrogens (tertiary/aromatic N) is 1. The number of aromatic nitrogens is 1. The zero-order chi connectivity index (χ0) is 13.9. The minimum atomic E-state index is -0.110. The van der Waals surface area contributed by atoms with Gasteiger partial charge in [0.2, 0.25) is 5.91 Å². The average molecular weight is 287 g/mol. The lowest BCUT2D eigenvalue weighted by molar-refractivity contribution is -0.122. The van der Waals surface area contributed by atoms with Crippen LogP contribution in [-0.4, -0.2) is 17.4 Å². The first kappa shape index (κ1) is 13.3. The number of rotatable bonds is 3. The Morgan fingerprint density at radius 2 is 2.35 bits per heavy atom. The van der Waals surface area contributed by atoms with Crippen LogP contribution in [0, 0.1) is 6.92 Å². The average Bonchev–Trinajstić information content (AvgIpc) is 2.90. The van der Waals surface area contributed by atoms with Gasteiger partial charge in [-0.2, -0.15) is 0 Å². The first-order chi connectivity index (χ1) is 9.74. The van der Waals surface area contributed by atoms with Crippen LogP contribution < -0.4 is 10.6 Å². The third-order valence-electron chi connectivity index (χ3n) is 3.49. The van der Waals surface area contributed by atoms with Gasteiger partial charge >= 0.3 is 0 Å². The van der Waals surface area contributed by atoms with E-state index in [1.54, 1.807) is 11.3 Å². The number of carbonyl (C=O) groups is 1. The van der Waals surface area contributed by atoms with E-state index in [1.807, 2.05) is 30.5 Å². The molecule has 3 rings (SSSR count). The van der Waals surface area contributed by atoms with Gasteiger partial charge < -0.3 is 10.6 Å². The fourth-order valence-corrected chi connectivity index (χ4v) is 3.21. The van der Waals surface area contributed by atoms with E-state index in [2.05, 4.69) is 21.7 Å². The first-order valence-corrected chi connectivity index (χ1v) is 7.59. The summed E-state index contributed by atoms with van der Waals surface area (Å²) in [6, 6.07) is 8.13. The predicted molar refractivity (Wildman–Crippen MR) is 79.6 cm³/mol. The maximum Gasteiger partial charge on any atom is 0.229 e. The normalized spacial score (nSPS) is 17.6. The Balaban J connectivity index is 1.69. The van der Waals surface area contributed by atoms with Crippen molar-refractivity contribution in [1.82, 2.24) is 15.6 Å². The highest BCUT2D eigenvalue weighted by molar-refractivity contribution is 7.09. The molecule has 0 spiro atoms. The summed E-state index contributed by atoms with van der Waals surface area (Å²) in [6.45, 7) is 4.00. The third kappa shape index (κ3) is 2.73. The molecule has 0 bridgehead atoms. The van der Waals surface area contributed by atoms with Crippen molar-refractivity contribution < 1.29 is 4.79 Å². The number of benzene rings is 1. The van der Waals surface area contributed by atoms with Gasteiger partial charge in [0.1, 0.15) is 5.01 Å². The summed E-state index contributed by atoms with van der Waals surface area (Å²) in [4.78, 5) is 16.7. The van der Waals surface area contributed by atoms with E-state index in [-0.39, 0.29) is 11.8 Å². The molecule has 0 aliphatic carbocycles. The Kier molecular flexibility index (Phi) is 3.80. The second-order valence-electron chi connectivity index (χ2n) is 4.98. The minimum absolute atomic E-state index is 0.0671. The second-order valence-corrected chi connectivity index (χ2v) is 5.93. The lowest BCUT2D eigenvalue weighted by Gasteiger charge is -2.25. The second kappa shape index (κ2) is 5.73. The van der Waals surface area contributed by atoms with Crippen LogP contribution in [0.5, 0.6) is 0 Å². The van der Waals surface area contributed by atoms with Crippen LogP contribution in [0.25, 0.3) is 0 Å². The van der Waals surface area contributed by atoms with E-state index in [0.717, 1.165) is 22.8 Å². The molecule has 104 valence electrons. The summed E-state index contributed by atoms with van der Waals surface area (Å²) in [5, 5.41) is 9.24. The van der Waals surface area contributed by atoms with Gasteiger partial charge in [0.25, 0.3) is 0 Å². The number of hydrogen-bond acceptors (Lipinski definition) is 4. The molecule has 1 amide bonds. The summed E-state index contributed by atoms with van der Waals surface area (Å²) in [6.07, 6.45) is 0. The van der Waals surface area contributed by atoms with Crippen LogP contribution in [-0.2, 0) is 17.9 Å². The summed E-state index contributed by atoms with van der Waals surface area (Å²) in [5.41, 5.74) is 3.35. The van der Waals surface area contributed by atoms with E-state index >= 15 is 0 Å². The van der Waals surface area contributed by atoms with Crippen molar-refractivity contribution in [1.29, 1.82) is 0 Å². The molecule has 1 aromatic heterocycles. The van der Waals surface area contributed by atoms with E-state index in [0.29, 0.717) is 13.1 Å². The van der Waals surface area contributed by atoms with Crippen LogP contribution in [0.1, 0.15) is 27.7 Å². The highest BCUT2D eigenvalue weighted by atomic mass is 32.1. The molecule has 2 heterocycles. The molecule has 0 fully saturated rings. The SMILES string of the molecule is Cc1csc(CNC(=O)C2CNCc3ccccc32)n1. The smallest absolute Gasteiger partial charge is 0.229 e. The van der Waals surface area contributed by atoms with Crippen molar-refractivity contribution in [3.8, 4) is 0 Å². The predicted octanol–water partition coefficient (Wildman–Crippen LogP) is 1.95. The number of fused-ring (bicyclic) bond motifs is 1. The Labute approximate surface area is 122 Å². The van der Waals surface area contributed by atoms with Gasteiger partial charge in [-0.3, -0.25) is 4.79 Å². The molecule has 1 unspecified atom stereocenters. The zero-order valence-electron chi connectivity index (χ0n) is 11.3. The van der Waals surface area contributed by atoms with Crippen LogP contribution in [0.4, 0.5) is 0 Å². The zero-order valence-corrected chi connectivity index (χ0v) is 12.2. The molecule has 5 heteroatoms. The van der Waals surface area contributed by atoms with Gasteiger partial charge in [-0.15, -0.1) is 11.3 Å². The van der Waals surface area contributed by atoms with Crippen molar-refractivity contribution in [2.45, 2.75) is 25.9 Å². The number of thiazole rings is 1. The van der Waals surface area contributed by atoms with Crippen molar-refractivity contribution in [3.63, 3.8) is 0 Å². The van der Waals surface area contributed by atoms with Crippen molar-refractivity contribution in [2.24, 2.45) is 0 Å². The van der Waals surface area contributed by atoms with Gasteiger partial charge in [-0.25, -0.2) is 4.98 Å². The Morgan fingerprint density at radius 3 is 3.15 bits per heavy atom. The van der Waals surface area contributed by atoms with Gasteiger partial charge in [-0.05, 0) is 18.1 Å². The fraction of sp³-hybridized carbons (Fsp3) is 0.333. The van der Waals surface area contributed by atoms with Gasteiger partial charge in [0.05, 0.1) is 12.5 Å². The highest BCUT2D eigenvalue weighted by Gasteiger charge is 2.25. The van der Waals surface area contributed by atoms with Crippen LogP contribution in [0.3, 0.4) is 0 Å². The maximum absolute atomic E-state index is 12.4. The van der Waals surface area contributed by atoms with E-state index in [1.165, 1.54) is 5.56 Å². The number of hydrogen-bond donors (Lipinski definition) is 2. The number of nitrogens with one attached hydrogen (secondary N) is 2. The third-order valence-corrected chi connectivity index (χ3v) is 4.46. The van der Waals surface area contributed by atoms with Gasteiger partial charge in [0.15, 0.2) is 0 Å². The number of carbonyl (C=O) groups excluding carboxylic acids is 1. The largest absolute Gasteiger partial charge is 0.349 e. The molecule has 0 radical (unpaired) electrons. The topological polar surface area (TPSA) is 54.0 Å². The first-order valence-electron chi connectivity index (χ1n) is 6.71. The Bertz CT molecular complexity index is 623. The molecule has 4 nitrogen and oxygen atoms in total. The highest BCUT2D eigenvalue weighted by Crippen LogP contribution is 2.24.